The highest BCUT2D eigenvalue weighted by Gasteiger charge is 2.36. The molecule has 0 saturated heterocycles. The second-order valence-corrected chi connectivity index (χ2v) is 8.54. The number of aromatic nitrogens is 5. The van der Waals surface area contributed by atoms with Crippen LogP contribution in [-0.4, -0.2) is 57.7 Å². The molecule has 0 aliphatic heterocycles. The van der Waals surface area contributed by atoms with Crippen LogP contribution in [0.15, 0.2) is 36.7 Å². The monoisotopic (exact) mass is 433 g/mol. The number of hydrogen-bond donors (Lipinski definition) is 3. The fraction of sp³-hybridized carbons (Fsp3) is 0.444. The van der Waals surface area contributed by atoms with Crippen molar-refractivity contribution in [3.8, 4) is 0 Å². The Kier molecular flexibility index (Phi) is 5.90. The van der Waals surface area contributed by atoms with Crippen molar-refractivity contribution in [2.45, 2.75) is 31.4 Å². The summed E-state index contributed by atoms with van der Waals surface area (Å²) in [5.74, 6) is 0.215. The highest BCUT2D eigenvalue weighted by Crippen LogP contribution is 2.36. The normalized spacial score (nSPS) is 21.9. The molecule has 0 radical (unpaired) electrons. The lowest BCUT2D eigenvalue weighted by molar-refractivity contribution is 0.100. The first-order valence-corrected chi connectivity index (χ1v) is 11.1. The van der Waals surface area contributed by atoms with Crippen molar-refractivity contribution < 1.29 is 17.7 Å². The molecule has 0 unspecified atom stereocenters. The summed E-state index contributed by atoms with van der Waals surface area (Å²) in [5, 5.41) is 26.9. The molecule has 1 saturated carbocycles. The van der Waals surface area contributed by atoms with Crippen molar-refractivity contribution in [1.82, 2.24) is 25.0 Å². The van der Waals surface area contributed by atoms with E-state index in [1.54, 1.807) is 4.68 Å². The van der Waals surface area contributed by atoms with Crippen LogP contribution in [0.3, 0.4) is 0 Å². The van der Waals surface area contributed by atoms with E-state index in [9.17, 15) is 13.5 Å². The molecular weight excluding hydrogens is 410 g/mol. The molecule has 1 fully saturated rings. The maximum absolute atomic E-state index is 11.0. The smallest absolute Gasteiger partial charge is 0.333 e. The van der Waals surface area contributed by atoms with E-state index in [0.29, 0.717) is 36.4 Å². The van der Waals surface area contributed by atoms with Gasteiger partial charge in [0.25, 0.3) is 0 Å². The molecule has 30 heavy (non-hydrogen) atoms. The fourth-order valence-corrected chi connectivity index (χ4v) is 4.11. The van der Waals surface area contributed by atoms with E-state index >= 15 is 0 Å². The molecule has 160 valence electrons. The Morgan fingerprint density at radius 2 is 2.03 bits per heavy atom. The van der Waals surface area contributed by atoms with E-state index in [1.165, 1.54) is 11.9 Å². The Bertz CT molecular complexity index is 1110. The molecule has 0 amide bonds. The van der Waals surface area contributed by atoms with Crippen LogP contribution in [0.2, 0.25) is 0 Å². The van der Waals surface area contributed by atoms with Crippen LogP contribution >= 0.6 is 0 Å². The molecule has 11 nitrogen and oxygen atoms in total. The van der Waals surface area contributed by atoms with Gasteiger partial charge in [-0.1, -0.05) is 35.5 Å². The second kappa shape index (κ2) is 8.60. The number of nitrogens with zero attached hydrogens (tertiary/aromatic N) is 5. The molecule has 3 atom stereocenters. The predicted octanol–water partition coefficient (Wildman–Crippen LogP) is 0.408. The molecule has 1 aliphatic rings. The first-order chi connectivity index (χ1) is 14.4. The molecule has 2 aromatic heterocycles. The number of aliphatic hydroxyl groups excluding tert-OH is 1. The Balaban J connectivity index is 1.45. The summed E-state index contributed by atoms with van der Waals surface area (Å²) in [4.78, 5) is 8.58. The van der Waals surface area contributed by atoms with E-state index in [1.807, 2.05) is 18.2 Å². The van der Waals surface area contributed by atoms with Crippen LogP contribution in [-0.2, 0) is 20.9 Å². The number of fused-ring (bicyclic) bond motifs is 1. The van der Waals surface area contributed by atoms with Crippen LogP contribution < -0.4 is 10.5 Å². The predicted molar refractivity (Wildman–Crippen MR) is 109 cm³/mol. The van der Waals surface area contributed by atoms with Gasteiger partial charge in [0.15, 0.2) is 17.0 Å². The summed E-state index contributed by atoms with van der Waals surface area (Å²) < 4.78 is 28.3. The highest BCUT2D eigenvalue weighted by atomic mass is 32.2. The van der Waals surface area contributed by atoms with E-state index in [0.717, 1.165) is 6.42 Å². The van der Waals surface area contributed by atoms with Gasteiger partial charge >= 0.3 is 10.3 Å². The number of benzene rings is 1. The maximum atomic E-state index is 11.0. The first-order valence-electron chi connectivity index (χ1n) is 9.59. The van der Waals surface area contributed by atoms with E-state index in [4.69, 9.17) is 5.14 Å². The second-order valence-electron chi connectivity index (χ2n) is 7.32. The molecule has 0 bridgehead atoms. The van der Waals surface area contributed by atoms with Gasteiger partial charge < -0.3 is 10.4 Å². The Morgan fingerprint density at radius 3 is 2.80 bits per heavy atom. The average molecular weight is 433 g/mol. The molecule has 1 aromatic carbocycles. The third-order valence-electron chi connectivity index (χ3n) is 5.23. The Labute approximate surface area is 173 Å². The lowest BCUT2D eigenvalue weighted by Crippen LogP contribution is -2.24. The van der Waals surface area contributed by atoms with Gasteiger partial charge in [-0.2, -0.15) is 8.42 Å². The third kappa shape index (κ3) is 4.73. The Hall–Kier alpha value is -2.67. The van der Waals surface area contributed by atoms with Gasteiger partial charge in [0, 0.05) is 12.5 Å². The zero-order chi connectivity index (χ0) is 21.1. The first kappa shape index (κ1) is 20.6. The SMILES string of the molecule is NS(=O)(=O)OC[C@@H]1C[C@@H](n2nnc3c(NCCc4ccccc4)ncnc32)C[C@@H]1O. The van der Waals surface area contributed by atoms with Crippen molar-refractivity contribution in [2.75, 3.05) is 18.5 Å². The molecule has 3 aromatic rings. The minimum atomic E-state index is -4.05. The molecular formula is C18H23N7O4S. The fourth-order valence-electron chi connectivity index (χ4n) is 3.74. The van der Waals surface area contributed by atoms with Crippen LogP contribution in [0, 0.1) is 5.92 Å². The molecule has 4 N–H and O–H groups in total. The number of hydrogen-bond acceptors (Lipinski definition) is 9. The van der Waals surface area contributed by atoms with Gasteiger partial charge in [0.2, 0.25) is 0 Å². The van der Waals surface area contributed by atoms with Gasteiger partial charge in [0.05, 0.1) is 18.8 Å². The number of nitrogens with two attached hydrogens (primary N) is 1. The van der Waals surface area contributed by atoms with E-state index < -0.39 is 16.4 Å². The summed E-state index contributed by atoms with van der Waals surface area (Å²) >= 11 is 0. The topological polar surface area (TPSA) is 158 Å². The molecule has 12 heteroatoms. The zero-order valence-electron chi connectivity index (χ0n) is 16.1. The number of anilines is 1. The summed E-state index contributed by atoms with van der Waals surface area (Å²) in [6, 6.07) is 9.92. The summed E-state index contributed by atoms with van der Waals surface area (Å²) in [5.41, 5.74) is 2.31. The number of rotatable bonds is 8. The van der Waals surface area contributed by atoms with Crippen LogP contribution in [0.4, 0.5) is 5.82 Å². The third-order valence-corrected chi connectivity index (χ3v) is 5.70. The number of nitrogens with one attached hydrogen (secondary N) is 1. The average Bonchev–Trinajstić information content (AvgIpc) is 3.30. The molecule has 1 aliphatic carbocycles. The lowest BCUT2D eigenvalue weighted by atomic mass is 10.1. The highest BCUT2D eigenvalue weighted by molar-refractivity contribution is 7.84. The zero-order valence-corrected chi connectivity index (χ0v) is 16.9. The number of aliphatic hydroxyl groups is 1. The van der Waals surface area contributed by atoms with Gasteiger partial charge in [0.1, 0.15) is 6.33 Å². The van der Waals surface area contributed by atoms with Gasteiger partial charge in [-0.25, -0.2) is 19.8 Å². The standard InChI is InChI=1S/C18H23N7O4S/c19-30(27,28)29-10-13-8-14(9-15(13)26)25-18-16(23-24-25)17(21-11-22-18)20-7-6-12-4-2-1-3-5-12/h1-5,11,13-15,26H,6-10H2,(H2,19,27,28)(H,20,21,22)/t13-,14+,15-/m0/s1. The summed E-state index contributed by atoms with van der Waals surface area (Å²) in [6.45, 7) is 0.502. The van der Waals surface area contributed by atoms with Gasteiger partial charge in [-0.15, -0.1) is 5.10 Å². The quantitative estimate of drug-likeness (QED) is 0.457. The molecule has 2 heterocycles. The van der Waals surface area contributed by atoms with Crippen LogP contribution in [0.5, 0.6) is 0 Å². The summed E-state index contributed by atoms with van der Waals surface area (Å²) in [6.07, 6.45) is 2.40. The molecule has 0 spiro atoms. The van der Waals surface area contributed by atoms with E-state index in [-0.39, 0.29) is 18.6 Å². The summed E-state index contributed by atoms with van der Waals surface area (Å²) in [7, 11) is -4.05. The van der Waals surface area contributed by atoms with Crippen LogP contribution in [0.1, 0.15) is 24.4 Å². The van der Waals surface area contributed by atoms with Gasteiger partial charge in [-0.3, -0.25) is 4.18 Å². The van der Waals surface area contributed by atoms with E-state index in [2.05, 4.69) is 41.9 Å². The molecule has 4 rings (SSSR count). The van der Waals surface area contributed by atoms with Crippen molar-refractivity contribution >= 4 is 27.3 Å². The van der Waals surface area contributed by atoms with Crippen molar-refractivity contribution in [3.63, 3.8) is 0 Å². The van der Waals surface area contributed by atoms with Crippen molar-refractivity contribution in [2.24, 2.45) is 11.1 Å². The van der Waals surface area contributed by atoms with Crippen molar-refractivity contribution in [1.29, 1.82) is 0 Å². The minimum Gasteiger partial charge on any atom is -0.393 e. The van der Waals surface area contributed by atoms with Crippen molar-refractivity contribution in [3.05, 3.63) is 42.2 Å². The minimum absolute atomic E-state index is 0.176. The van der Waals surface area contributed by atoms with Crippen LogP contribution in [0.25, 0.3) is 11.2 Å². The maximum Gasteiger partial charge on any atom is 0.333 e. The largest absolute Gasteiger partial charge is 0.393 e. The van der Waals surface area contributed by atoms with Gasteiger partial charge in [-0.05, 0) is 24.8 Å². The lowest BCUT2D eigenvalue weighted by Gasteiger charge is -2.12. The Morgan fingerprint density at radius 1 is 1.23 bits per heavy atom.